The van der Waals surface area contributed by atoms with E-state index >= 15 is 0 Å². The van der Waals surface area contributed by atoms with Crippen LogP contribution in [0.15, 0.2) is 41.3 Å². The SMILES string of the molecule is CCC(C)(F)F.CN1CCN(c2ccc(C(F)(F)F)cc2)c2cc(C(F)(F)F)c(OCC3(C(=O)O)CC3)cc2S1. The van der Waals surface area contributed by atoms with Crippen molar-refractivity contribution in [2.75, 3.05) is 31.6 Å². The lowest BCUT2D eigenvalue weighted by Crippen LogP contribution is -2.25. The molecule has 1 aliphatic carbocycles. The van der Waals surface area contributed by atoms with Gasteiger partial charge in [0.05, 0.1) is 21.7 Å². The zero-order valence-electron chi connectivity index (χ0n) is 21.8. The Kier molecular flexibility index (Phi) is 9.24. The third-order valence-corrected chi connectivity index (χ3v) is 7.51. The zero-order valence-corrected chi connectivity index (χ0v) is 22.6. The van der Waals surface area contributed by atoms with Gasteiger partial charge in [0.1, 0.15) is 17.8 Å². The molecule has 0 spiro atoms. The summed E-state index contributed by atoms with van der Waals surface area (Å²) in [7, 11) is 1.74. The minimum absolute atomic E-state index is 0.0625. The first kappa shape index (κ1) is 31.8. The van der Waals surface area contributed by atoms with Gasteiger partial charge in [-0.25, -0.2) is 13.1 Å². The van der Waals surface area contributed by atoms with E-state index < -0.39 is 46.5 Å². The van der Waals surface area contributed by atoms with Gasteiger partial charge < -0.3 is 14.7 Å². The van der Waals surface area contributed by atoms with Crippen LogP contribution in [0, 0.1) is 5.41 Å². The first-order valence-corrected chi connectivity index (χ1v) is 13.0. The van der Waals surface area contributed by atoms with E-state index in [0.717, 1.165) is 25.1 Å². The van der Waals surface area contributed by atoms with E-state index in [4.69, 9.17) is 4.74 Å². The zero-order chi connectivity index (χ0) is 30.1. The molecule has 5 nitrogen and oxygen atoms in total. The Morgan fingerprint density at radius 2 is 1.57 bits per heavy atom. The number of fused-ring (bicyclic) bond motifs is 1. The molecule has 0 bridgehead atoms. The molecule has 0 saturated heterocycles. The van der Waals surface area contributed by atoms with Crippen LogP contribution in [-0.2, 0) is 17.1 Å². The van der Waals surface area contributed by atoms with Crippen molar-refractivity contribution in [3.05, 3.63) is 47.5 Å². The number of carboxylic acid groups (broad SMARTS) is 1. The van der Waals surface area contributed by atoms with Crippen molar-refractivity contribution in [3.8, 4) is 5.75 Å². The van der Waals surface area contributed by atoms with E-state index in [9.17, 15) is 45.0 Å². The van der Waals surface area contributed by atoms with Crippen molar-refractivity contribution in [1.82, 2.24) is 4.31 Å². The number of aliphatic carboxylic acids is 1. The highest BCUT2D eigenvalue weighted by atomic mass is 32.2. The van der Waals surface area contributed by atoms with Crippen LogP contribution in [0.5, 0.6) is 5.75 Å². The van der Waals surface area contributed by atoms with Gasteiger partial charge in [-0.2, -0.15) is 26.3 Å². The summed E-state index contributed by atoms with van der Waals surface area (Å²) in [6.45, 7) is 2.64. The molecule has 0 amide bonds. The first-order valence-electron chi connectivity index (χ1n) is 12.2. The quantitative estimate of drug-likeness (QED) is 0.267. The third kappa shape index (κ3) is 7.93. The number of carbonyl (C=O) groups is 1. The number of halogens is 8. The molecule has 2 aliphatic rings. The largest absolute Gasteiger partial charge is 0.492 e. The summed E-state index contributed by atoms with van der Waals surface area (Å²) < 4.78 is 111. The van der Waals surface area contributed by atoms with Gasteiger partial charge in [-0.05, 0) is 75.2 Å². The van der Waals surface area contributed by atoms with Crippen LogP contribution in [0.2, 0.25) is 0 Å². The van der Waals surface area contributed by atoms with Gasteiger partial charge in [-0.3, -0.25) is 4.79 Å². The maximum Gasteiger partial charge on any atom is 0.420 e. The van der Waals surface area contributed by atoms with Crippen molar-refractivity contribution >= 4 is 29.3 Å². The number of nitrogens with zero attached hydrogens (tertiary/aromatic N) is 2. The van der Waals surface area contributed by atoms with E-state index in [1.807, 2.05) is 0 Å². The highest BCUT2D eigenvalue weighted by Gasteiger charge is 2.51. The van der Waals surface area contributed by atoms with Crippen LogP contribution in [0.4, 0.5) is 46.5 Å². The third-order valence-electron chi connectivity index (χ3n) is 6.49. The molecule has 1 aliphatic heterocycles. The number of ether oxygens (including phenoxy) is 1. The Morgan fingerprint density at radius 3 is 2.02 bits per heavy atom. The minimum atomic E-state index is -4.79. The molecule has 0 atom stereocenters. The maximum atomic E-state index is 13.9. The van der Waals surface area contributed by atoms with E-state index in [2.05, 4.69) is 0 Å². The summed E-state index contributed by atoms with van der Waals surface area (Å²) in [5, 5.41) is 9.32. The molecular formula is C26H28F8N2O3S. The van der Waals surface area contributed by atoms with E-state index in [-0.39, 0.29) is 25.3 Å². The summed E-state index contributed by atoms with van der Waals surface area (Å²) in [5.41, 5.74) is -2.62. The fourth-order valence-corrected chi connectivity index (χ4v) is 4.57. The normalized spacial score (nSPS) is 17.3. The van der Waals surface area contributed by atoms with Gasteiger partial charge in [0.25, 0.3) is 0 Å². The lowest BCUT2D eigenvalue weighted by Gasteiger charge is -2.27. The Labute approximate surface area is 230 Å². The molecule has 0 radical (unpaired) electrons. The highest BCUT2D eigenvalue weighted by molar-refractivity contribution is 7.97. The van der Waals surface area contributed by atoms with Crippen LogP contribution >= 0.6 is 11.9 Å². The summed E-state index contributed by atoms with van der Waals surface area (Å²) in [4.78, 5) is 13.3. The van der Waals surface area contributed by atoms with Gasteiger partial charge >= 0.3 is 18.3 Å². The number of hydrogen-bond donors (Lipinski definition) is 1. The number of hydrogen-bond acceptors (Lipinski definition) is 5. The lowest BCUT2D eigenvalue weighted by molar-refractivity contribution is -0.145. The van der Waals surface area contributed by atoms with Crippen LogP contribution < -0.4 is 9.64 Å². The fraction of sp³-hybridized carbons (Fsp3) is 0.500. The second kappa shape index (κ2) is 11.6. The standard InChI is InChI=1S/C22H20F6N2O3S.C4H8F2/c1-29-8-9-30(14-4-2-13(3-5-14)21(23,24)25)16-10-15(22(26,27)28)17(11-18(16)34-29)33-12-20(6-7-20)19(31)32;1-3-4(2,5)6/h2-5,10-11H,6-9,12H2,1H3,(H,31,32);3H2,1-2H3. The smallest absolute Gasteiger partial charge is 0.420 e. The average molecular weight is 601 g/mol. The molecule has 1 N–H and O–H groups in total. The minimum Gasteiger partial charge on any atom is -0.492 e. The van der Waals surface area contributed by atoms with E-state index in [0.29, 0.717) is 30.0 Å². The fourth-order valence-electron chi connectivity index (χ4n) is 3.63. The molecular weight excluding hydrogens is 572 g/mol. The molecule has 1 heterocycles. The number of carboxylic acids is 1. The molecule has 4 rings (SSSR count). The highest BCUT2D eigenvalue weighted by Crippen LogP contribution is 2.49. The van der Waals surface area contributed by atoms with E-state index in [1.54, 1.807) is 11.4 Å². The average Bonchev–Trinajstić information content (AvgIpc) is 3.65. The summed E-state index contributed by atoms with van der Waals surface area (Å²) in [6, 6.07) is 6.36. The van der Waals surface area contributed by atoms with E-state index in [1.165, 1.54) is 42.0 Å². The number of likely N-dealkylation sites (N-methyl/N-ethyl adjacent to an activating group) is 1. The number of anilines is 2. The van der Waals surface area contributed by atoms with Crippen molar-refractivity contribution in [2.24, 2.45) is 5.41 Å². The topological polar surface area (TPSA) is 53.0 Å². The Bertz CT molecular complexity index is 1190. The number of benzene rings is 2. The van der Waals surface area contributed by atoms with Gasteiger partial charge in [0.15, 0.2) is 0 Å². The van der Waals surface area contributed by atoms with Gasteiger partial charge in [0.2, 0.25) is 5.92 Å². The lowest BCUT2D eigenvalue weighted by atomic mass is 10.1. The molecule has 40 heavy (non-hydrogen) atoms. The van der Waals surface area contributed by atoms with Crippen molar-refractivity contribution in [3.63, 3.8) is 0 Å². The maximum absolute atomic E-state index is 13.9. The predicted molar refractivity (Wildman–Crippen MR) is 134 cm³/mol. The monoisotopic (exact) mass is 600 g/mol. The second-order valence-electron chi connectivity index (χ2n) is 9.75. The Hall–Kier alpha value is -2.74. The molecule has 2 aromatic rings. The molecule has 14 heteroatoms. The van der Waals surface area contributed by atoms with Crippen LogP contribution in [0.3, 0.4) is 0 Å². The predicted octanol–water partition coefficient (Wildman–Crippen LogP) is 8.11. The van der Waals surface area contributed by atoms with Crippen molar-refractivity contribution in [2.45, 2.75) is 56.3 Å². The molecule has 0 unspecified atom stereocenters. The molecule has 0 aromatic heterocycles. The molecule has 1 saturated carbocycles. The summed E-state index contributed by atoms with van der Waals surface area (Å²) >= 11 is 1.18. The molecule has 222 valence electrons. The van der Waals surface area contributed by atoms with Crippen LogP contribution in [-0.4, -0.2) is 48.0 Å². The first-order chi connectivity index (χ1) is 18.4. The molecule has 1 fully saturated rings. The second-order valence-corrected chi connectivity index (χ2v) is 11.0. The van der Waals surface area contributed by atoms with Crippen LogP contribution in [0.1, 0.15) is 44.2 Å². The van der Waals surface area contributed by atoms with Gasteiger partial charge in [-0.15, -0.1) is 0 Å². The van der Waals surface area contributed by atoms with Crippen molar-refractivity contribution < 1.29 is 49.8 Å². The van der Waals surface area contributed by atoms with Gasteiger partial charge in [-0.1, -0.05) is 6.92 Å². The summed E-state index contributed by atoms with van der Waals surface area (Å²) in [5.74, 6) is -4.05. The Morgan fingerprint density at radius 1 is 1.00 bits per heavy atom. The number of rotatable bonds is 6. The van der Waals surface area contributed by atoms with Gasteiger partial charge in [0, 0.05) is 25.2 Å². The molecule has 2 aromatic carbocycles. The Balaban J connectivity index is 0.000000663. The number of alkyl halides is 8. The van der Waals surface area contributed by atoms with Crippen LogP contribution in [0.25, 0.3) is 0 Å². The summed E-state index contributed by atoms with van der Waals surface area (Å²) in [6.07, 6.45) is -8.73. The van der Waals surface area contributed by atoms with Crippen molar-refractivity contribution in [1.29, 1.82) is 0 Å².